The Hall–Kier alpha value is -1.41. The molecule has 64 valence electrons. The molecule has 1 aromatic carbocycles. The van der Waals surface area contributed by atoms with Gasteiger partial charge in [0.05, 0.1) is 0 Å². The molecule has 0 saturated carbocycles. The van der Waals surface area contributed by atoms with Gasteiger partial charge in [-0.25, -0.2) is 4.98 Å². The number of carbonyl (C=O) groups is 1. The van der Waals surface area contributed by atoms with Crippen LogP contribution in [0.1, 0.15) is 10.4 Å². The molecule has 13 heavy (non-hydrogen) atoms. The number of aromatic nitrogens is 1. The number of aldehydes is 1. The second kappa shape index (κ2) is 3.15. The Morgan fingerprint density at radius 3 is 3.00 bits per heavy atom. The fraction of sp³-hybridized carbons (Fsp3) is 0. The van der Waals surface area contributed by atoms with Gasteiger partial charge < -0.3 is 0 Å². The normalized spacial score (nSPS) is 10.2. The molecule has 0 saturated heterocycles. The van der Waals surface area contributed by atoms with Gasteiger partial charge in [-0.15, -0.1) is 0 Å². The van der Waals surface area contributed by atoms with E-state index in [0.717, 1.165) is 17.1 Å². The smallest absolute Gasteiger partial charge is 0.150 e. The topological polar surface area (TPSA) is 30.0 Å². The summed E-state index contributed by atoms with van der Waals surface area (Å²) in [6.07, 6.45) is 2.43. The molecule has 0 bridgehead atoms. The summed E-state index contributed by atoms with van der Waals surface area (Å²) < 4.78 is 0. The zero-order valence-electron chi connectivity index (χ0n) is 6.70. The maximum absolute atomic E-state index is 10.6. The predicted molar refractivity (Wildman–Crippen MR) is 52.1 cm³/mol. The Kier molecular flexibility index (Phi) is 1.99. The average Bonchev–Trinajstić information content (AvgIpc) is 2.16. The maximum atomic E-state index is 10.6. The van der Waals surface area contributed by atoms with Gasteiger partial charge in [-0.1, -0.05) is 29.8 Å². The molecule has 0 amide bonds. The summed E-state index contributed by atoms with van der Waals surface area (Å²) in [4.78, 5) is 14.6. The summed E-state index contributed by atoms with van der Waals surface area (Å²) in [6, 6.07) is 7.22. The molecule has 1 aromatic heterocycles. The summed E-state index contributed by atoms with van der Waals surface area (Å²) in [5.41, 5.74) is 0.640. The highest BCUT2D eigenvalue weighted by Crippen LogP contribution is 2.19. The van der Waals surface area contributed by atoms with Gasteiger partial charge in [-0.3, -0.25) is 4.79 Å². The van der Waals surface area contributed by atoms with E-state index in [1.807, 2.05) is 12.1 Å². The molecule has 1 heterocycles. The predicted octanol–water partition coefficient (Wildman–Crippen LogP) is 2.70. The Bertz CT molecular complexity index is 467. The summed E-state index contributed by atoms with van der Waals surface area (Å²) in [6.45, 7) is 0. The molecule has 2 nitrogen and oxygen atoms in total. The van der Waals surface area contributed by atoms with Crippen LogP contribution in [0.2, 0.25) is 5.15 Å². The van der Waals surface area contributed by atoms with Crippen molar-refractivity contribution in [3.63, 3.8) is 0 Å². The Balaban J connectivity index is 2.84. The minimum absolute atomic E-state index is 0.440. The maximum Gasteiger partial charge on any atom is 0.150 e. The van der Waals surface area contributed by atoms with Crippen molar-refractivity contribution in [2.75, 3.05) is 0 Å². The van der Waals surface area contributed by atoms with Crippen LogP contribution < -0.4 is 0 Å². The van der Waals surface area contributed by atoms with E-state index in [1.54, 1.807) is 18.3 Å². The number of pyridine rings is 1. The molecule has 0 unspecified atom stereocenters. The van der Waals surface area contributed by atoms with Crippen molar-refractivity contribution in [3.8, 4) is 0 Å². The van der Waals surface area contributed by atoms with Crippen molar-refractivity contribution >= 4 is 28.7 Å². The van der Waals surface area contributed by atoms with Crippen molar-refractivity contribution in [2.24, 2.45) is 0 Å². The van der Waals surface area contributed by atoms with Gasteiger partial charge in [-0.2, -0.15) is 0 Å². The molecule has 0 atom stereocenters. The molecular formula is C10H6ClNO. The van der Waals surface area contributed by atoms with Crippen LogP contribution in [0.15, 0.2) is 30.5 Å². The third-order valence-corrected chi connectivity index (χ3v) is 2.10. The second-order valence-corrected chi connectivity index (χ2v) is 3.08. The first-order chi connectivity index (χ1) is 6.31. The van der Waals surface area contributed by atoms with Crippen molar-refractivity contribution < 1.29 is 4.79 Å². The lowest BCUT2D eigenvalue weighted by atomic mass is 10.1. The third-order valence-electron chi connectivity index (χ3n) is 1.89. The molecule has 0 aliphatic rings. The zero-order chi connectivity index (χ0) is 9.26. The van der Waals surface area contributed by atoms with Gasteiger partial charge in [-0.05, 0) is 11.5 Å². The molecule has 3 heteroatoms. The Morgan fingerprint density at radius 2 is 2.23 bits per heavy atom. The molecule has 2 rings (SSSR count). The van der Waals surface area contributed by atoms with Crippen molar-refractivity contribution in [3.05, 3.63) is 41.2 Å². The monoisotopic (exact) mass is 191 g/mol. The van der Waals surface area contributed by atoms with E-state index in [2.05, 4.69) is 4.98 Å². The van der Waals surface area contributed by atoms with E-state index < -0.39 is 0 Å². The van der Waals surface area contributed by atoms with E-state index in [0.29, 0.717) is 10.7 Å². The first-order valence-corrected chi connectivity index (χ1v) is 4.18. The number of hydrogen-bond acceptors (Lipinski definition) is 2. The third kappa shape index (κ3) is 1.40. The van der Waals surface area contributed by atoms with Gasteiger partial charge in [0.25, 0.3) is 0 Å². The SMILES string of the molecule is O=Cc1cccc2cc(Cl)ncc12. The minimum Gasteiger partial charge on any atom is -0.298 e. The number of fused-ring (bicyclic) bond motifs is 1. The van der Waals surface area contributed by atoms with Gasteiger partial charge >= 0.3 is 0 Å². The number of benzene rings is 1. The van der Waals surface area contributed by atoms with Crippen LogP contribution in [0.25, 0.3) is 10.8 Å². The highest BCUT2D eigenvalue weighted by Gasteiger charge is 1.99. The lowest BCUT2D eigenvalue weighted by Crippen LogP contribution is -1.84. The average molecular weight is 192 g/mol. The van der Waals surface area contributed by atoms with Crippen LogP contribution in [0.3, 0.4) is 0 Å². The van der Waals surface area contributed by atoms with Crippen molar-refractivity contribution in [2.45, 2.75) is 0 Å². The number of halogens is 1. The Labute approximate surface area is 80.2 Å². The summed E-state index contributed by atoms with van der Waals surface area (Å²) in [5.74, 6) is 0. The molecule has 0 aliphatic heterocycles. The number of rotatable bonds is 1. The quantitative estimate of drug-likeness (QED) is 0.513. The van der Waals surface area contributed by atoms with Crippen molar-refractivity contribution in [1.82, 2.24) is 4.98 Å². The van der Waals surface area contributed by atoms with E-state index in [9.17, 15) is 4.79 Å². The molecule has 0 aliphatic carbocycles. The molecule has 0 spiro atoms. The fourth-order valence-electron chi connectivity index (χ4n) is 1.27. The highest BCUT2D eigenvalue weighted by molar-refractivity contribution is 6.30. The van der Waals surface area contributed by atoms with Gasteiger partial charge in [0.1, 0.15) is 5.15 Å². The lowest BCUT2D eigenvalue weighted by Gasteiger charge is -1.99. The molecule has 0 radical (unpaired) electrons. The zero-order valence-corrected chi connectivity index (χ0v) is 7.45. The Morgan fingerprint density at radius 1 is 1.38 bits per heavy atom. The number of nitrogens with zero attached hydrogens (tertiary/aromatic N) is 1. The van der Waals surface area contributed by atoms with Gasteiger partial charge in [0.15, 0.2) is 6.29 Å². The number of carbonyl (C=O) groups excluding carboxylic acids is 1. The lowest BCUT2D eigenvalue weighted by molar-refractivity contribution is 0.112. The summed E-state index contributed by atoms with van der Waals surface area (Å²) >= 11 is 5.71. The second-order valence-electron chi connectivity index (χ2n) is 2.69. The molecule has 0 fully saturated rings. The molecular weight excluding hydrogens is 186 g/mol. The van der Waals surface area contributed by atoms with Crippen LogP contribution >= 0.6 is 11.6 Å². The first kappa shape index (κ1) is 8.20. The van der Waals surface area contributed by atoms with E-state index >= 15 is 0 Å². The van der Waals surface area contributed by atoms with Crippen LogP contribution in [0, 0.1) is 0 Å². The highest BCUT2D eigenvalue weighted by atomic mass is 35.5. The summed E-state index contributed by atoms with van der Waals surface area (Å²) in [5, 5.41) is 2.21. The van der Waals surface area contributed by atoms with Crippen LogP contribution in [-0.4, -0.2) is 11.3 Å². The van der Waals surface area contributed by atoms with E-state index in [-0.39, 0.29) is 0 Å². The molecule has 0 N–H and O–H groups in total. The fourth-order valence-corrected chi connectivity index (χ4v) is 1.44. The largest absolute Gasteiger partial charge is 0.298 e. The minimum atomic E-state index is 0.440. The van der Waals surface area contributed by atoms with Crippen molar-refractivity contribution in [1.29, 1.82) is 0 Å². The number of hydrogen-bond donors (Lipinski definition) is 0. The van der Waals surface area contributed by atoms with Gasteiger partial charge in [0.2, 0.25) is 0 Å². The van der Waals surface area contributed by atoms with Gasteiger partial charge in [0, 0.05) is 17.1 Å². The standard InChI is InChI=1S/C10H6ClNO/c11-10-4-7-2-1-3-8(6-13)9(7)5-12-10/h1-6H. The van der Waals surface area contributed by atoms with E-state index in [1.165, 1.54) is 0 Å². The van der Waals surface area contributed by atoms with Crippen LogP contribution in [0.5, 0.6) is 0 Å². The summed E-state index contributed by atoms with van der Waals surface area (Å²) in [7, 11) is 0. The van der Waals surface area contributed by atoms with Crippen LogP contribution in [0.4, 0.5) is 0 Å². The first-order valence-electron chi connectivity index (χ1n) is 3.81. The van der Waals surface area contributed by atoms with Crippen LogP contribution in [-0.2, 0) is 0 Å². The van der Waals surface area contributed by atoms with E-state index in [4.69, 9.17) is 11.6 Å². The molecule has 2 aromatic rings.